The Morgan fingerprint density at radius 2 is 2.23 bits per heavy atom. The van der Waals surface area contributed by atoms with E-state index in [4.69, 9.17) is 0 Å². The Kier molecular flexibility index (Phi) is 5.49. The van der Waals surface area contributed by atoms with Crippen LogP contribution in [0.15, 0.2) is 18.2 Å². The molecule has 1 atom stereocenters. The van der Waals surface area contributed by atoms with Crippen molar-refractivity contribution in [3.8, 4) is 0 Å². The van der Waals surface area contributed by atoms with Gasteiger partial charge in [-0.05, 0) is 38.3 Å². The van der Waals surface area contributed by atoms with Gasteiger partial charge in [-0.25, -0.2) is 0 Å². The molecule has 6 nitrogen and oxygen atoms in total. The van der Waals surface area contributed by atoms with Crippen LogP contribution in [0.2, 0.25) is 0 Å². The van der Waals surface area contributed by atoms with Crippen LogP contribution in [0.1, 0.15) is 38.2 Å². The van der Waals surface area contributed by atoms with Crippen LogP contribution in [0, 0.1) is 17.0 Å². The highest BCUT2D eigenvalue weighted by atomic mass is 16.6. The first-order valence-electron chi connectivity index (χ1n) is 7.80. The lowest BCUT2D eigenvalue weighted by Crippen LogP contribution is -2.43. The molecule has 1 amide bonds. The van der Waals surface area contributed by atoms with Crippen LogP contribution >= 0.6 is 0 Å². The van der Waals surface area contributed by atoms with Crippen molar-refractivity contribution in [2.24, 2.45) is 0 Å². The van der Waals surface area contributed by atoms with Crippen LogP contribution in [0.5, 0.6) is 0 Å². The number of anilines is 1. The summed E-state index contributed by atoms with van der Waals surface area (Å²) in [5, 5.41) is 13.6. The van der Waals surface area contributed by atoms with E-state index in [-0.39, 0.29) is 11.6 Å². The Morgan fingerprint density at radius 3 is 2.91 bits per heavy atom. The molecule has 2 rings (SSSR count). The van der Waals surface area contributed by atoms with Gasteiger partial charge >= 0.3 is 0 Å². The summed E-state index contributed by atoms with van der Waals surface area (Å²) in [6.07, 6.45) is 4.53. The topological polar surface area (TPSA) is 75.5 Å². The minimum atomic E-state index is -0.452. The molecule has 120 valence electrons. The first-order chi connectivity index (χ1) is 10.5. The number of hydrogen-bond acceptors (Lipinski definition) is 4. The minimum Gasteiger partial charge on any atom is -0.324 e. The third-order valence-electron chi connectivity index (χ3n) is 4.27. The van der Waals surface area contributed by atoms with Crippen LogP contribution < -0.4 is 5.32 Å². The number of nitrogens with one attached hydrogen (secondary N) is 1. The predicted octanol–water partition coefficient (Wildman–Crippen LogP) is 3.11. The quantitative estimate of drug-likeness (QED) is 0.670. The van der Waals surface area contributed by atoms with Crippen molar-refractivity contribution >= 4 is 17.3 Å². The van der Waals surface area contributed by atoms with Gasteiger partial charge in [0.1, 0.15) is 0 Å². The monoisotopic (exact) mass is 305 g/mol. The van der Waals surface area contributed by atoms with E-state index in [0.717, 1.165) is 31.4 Å². The van der Waals surface area contributed by atoms with Crippen molar-refractivity contribution in [1.82, 2.24) is 4.90 Å². The SMILES string of the molecule is CCC1CCCCN1CC(=O)Nc1cc([N+](=O)[O-])ccc1C. The average molecular weight is 305 g/mol. The Bertz CT molecular complexity index is 560. The van der Waals surface area contributed by atoms with Gasteiger partial charge in [0.15, 0.2) is 0 Å². The minimum absolute atomic E-state index is 0.00897. The van der Waals surface area contributed by atoms with Crippen molar-refractivity contribution < 1.29 is 9.72 Å². The highest BCUT2D eigenvalue weighted by Crippen LogP contribution is 2.23. The molecule has 1 aromatic carbocycles. The summed E-state index contributed by atoms with van der Waals surface area (Å²) in [6.45, 7) is 5.27. The molecular weight excluding hydrogens is 282 g/mol. The number of hydrogen-bond donors (Lipinski definition) is 1. The smallest absolute Gasteiger partial charge is 0.271 e. The summed E-state index contributed by atoms with van der Waals surface area (Å²) >= 11 is 0. The number of benzene rings is 1. The summed E-state index contributed by atoms with van der Waals surface area (Å²) in [7, 11) is 0. The molecule has 1 aromatic rings. The maximum absolute atomic E-state index is 12.3. The standard InChI is InChI=1S/C16H23N3O3/c1-3-13-6-4-5-9-18(13)11-16(20)17-15-10-14(19(21)22)8-7-12(15)2/h7-8,10,13H,3-6,9,11H2,1-2H3,(H,17,20). The average Bonchev–Trinajstić information content (AvgIpc) is 2.49. The first kappa shape index (κ1) is 16.4. The van der Waals surface area contributed by atoms with Crippen LogP contribution in [-0.2, 0) is 4.79 Å². The van der Waals surface area contributed by atoms with Gasteiger partial charge in [-0.3, -0.25) is 19.8 Å². The highest BCUT2D eigenvalue weighted by molar-refractivity contribution is 5.93. The number of nitrogens with zero attached hydrogens (tertiary/aromatic N) is 2. The molecule has 1 aliphatic rings. The Balaban J connectivity index is 2.02. The van der Waals surface area contributed by atoms with E-state index < -0.39 is 4.92 Å². The van der Waals surface area contributed by atoms with E-state index in [1.807, 2.05) is 6.92 Å². The van der Waals surface area contributed by atoms with Gasteiger partial charge in [0.2, 0.25) is 5.91 Å². The number of piperidine rings is 1. The van der Waals surface area contributed by atoms with E-state index >= 15 is 0 Å². The van der Waals surface area contributed by atoms with Gasteiger partial charge in [-0.2, -0.15) is 0 Å². The number of amides is 1. The second-order valence-corrected chi connectivity index (χ2v) is 5.83. The van der Waals surface area contributed by atoms with E-state index in [2.05, 4.69) is 17.1 Å². The number of nitro benzene ring substituents is 1. The fraction of sp³-hybridized carbons (Fsp3) is 0.562. The number of rotatable bonds is 5. The number of non-ortho nitro benzene ring substituents is 1. The van der Waals surface area contributed by atoms with Gasteiger partial charge in [0.25, 0.3) is 5.69 Å². The maximum Gasteiger partial charge on any atom is 0.271 e. The lowest BCUT2D eigenvalue weighted by molar-refractivity contribution is -0.384. The molecule has 0 saturated carbocycles. The normalized spacial score (nSPS) is 18.9. The molecule has 1 unspecified atom stereocenters. The molecule has 0 aromatic heterocycles. The summed E-state index contributed by atoms with van der Waals surface area (Å²) < 4.78 is 0. The van der Waals surface area contributed by atoms with E-state index in [1.165, 1.54) is 18.6 Å². The van der Waals surface area contributed by atoms with E-state index in [1.54, 1.807) is 6.07 Å². The molecule has 1 heterocycles. The van der Waals surface area contributed by atoms with Crippen LogP contribution in [0.25, 0.3) is 0 Å². The van der Waals surface area contributed by atoms with Crippen molar-refractivity contribution in [3.63, 3.8) is 0 Å². The molecule has 0 spiro atoms. The zero-order chi connectivity index (χ0) is 16.1. The fourth-order valence-electron chi connectivity index (χ4n) is 2.96. The molecule has 1 N–H and O–H groups in total. The summed E-state index contributed by atoms with van der Waals surface area (Å²) in [4.78, 5) is 24.8. The van der Waals surface area contributed by atoms with Gasteiger partial charge in [-0.15, -0.1) is 0 Å². The molecule has 1 saturated heterocycles. The third-order valence-corrected chi connectivity index (χ3v) is 4.27. The molecule has 22 heavy (non-hydrogen) atoms. The largest absolute Gasteiger partial charge is 0.324 e. The second-order valence-electron chi connectivity index (χ2n) is 5.83. The van der Waals surface area contributed by atoms with Gasteiger partial charge in [0, 0.05) is 18.2 Å². The van der Waals surface area contributed by atoms with Crippen molar-refractivity contribution in [1.29, 1.82) is 0 Å². The Hall–Kier alpha value is -1.95. The van der Waals surface area contributed by atoms with Crippen LogP contribution in [-0.4, -0.2) is 34.9 Å². The van der Waals surface area contributed by atoms with Gasteiger partial charge in [0.05, 0.1) is 17.2 Å². The fourth-order valence-corrected chi connectivity index (χ4v) is 2.96. The summed E-state index contributed by atoms with van der Waals surface area (Å²) in [5.41, 5.74) is 1.33. The van der Waals surface area contributed by atoms with Crippen molar-refractivity contribution in [2.75, 3.05) is 18.4 Å². The maximum atomic E-state index is 12.3. The first-order valence-corrected chi connectivity index (χ1v) is 7.80. The molecule has 0 bridgehead atoms. The van der Waals surface area contributed by atoms with Gasteiger partial charge < -0.3 is 5.32 Å². The predicted molar refractivity (Wildman–Crippen MR) is 86.0 cm³/mol. The Labute approximate surface area is 130 Å². The molecule has 0 radical (unpaired) electrons. The number of carbonyl (C=O) groups is 1. The zero-order valence-corrected chi connectivity index (χ0v) is 13.2. The van der Waals surface area contributed by atoms with Crippen molar-refractivity contribution in [2.45, 2.75) is 45.6 Å². The molecule has 6 heteroatoms. The van der Waals surface area contributed by atoms with Crippen LogP contribution in [0.4, 0.5) is 11.4 Å². The highest BCUT2D eigenvalue weighted by Gasteiger charge is 2.23. The zero-order valence-electron chi connectivity index (χ0n) is 13.2. The number of likely N-dealkylation sites (tertiary alicyclic amines) is 1. The van der Waals surface area contributed by atoms with Crippen molar-refractivity contribution in [3.05, 3.63) is 33.9 Å². The molecular formula is C16H23N3O3. The molecule has 1 fully saturated rings. The molecule has 0 aliphatic carbocycles. The molecule has 1 aliphatic heterocycles. The lowest BCUT2D eigenvalue weighted by atomic mass is 10.00. The number of nitro groups is 1. The Morgan fingerprint density at radius 1 is 1.45 bits per heavy atom. The van der Waals surface area contributed by atoms with Gasteiger partial charge in [-0.1, -0.05) is 19.4 Å². The summed E-state index contributed by atoms with van der Waals surface area (Å²) in [5.74, 6) is -0.107. The summed E-state index contributed by atoms with van der Waals surface area (Å²) in [6, 6.07) is 4.98. The second kappa shape index (κ2) is 7.35. The lowest BCUT2D eigenvalue weighted by Gasteiger charge is -2.34. The van der Waals surface area contributed by atoms with E-state index in [9.17, 15) is 14.9 Å². The van der Waals surface area contributed by atoms with Crippen LogP contribution in [0.3, 0.4) is 0 Å². The number of carbonyl (C=O) groups excluding carboxylic acids is 1. The van der Waals surface area contributed by atoms with E-state index in [0.29, 0.717) is 18.3 Å². The third kappa shape index (κ3) is 4.04. The number of aryl methyl sites for hydroxylation is 1.